The highest BCUT2D eigenvalue weighted by Crippen LogP contribution is 2.32. The van der Waals surface area contributed by atoms with Crippen LogP contribution < -0.4 is 15.0 Å². The molecule has 2 aromatic carbocycles. The van der Waals surface area contributed by atoms with Crippen LogP contribution in [0.25, 0.3) is 0 Å². The lowest BCUT2D eigenvalue weighted by atomic mass is 10.0. The van der Waals surface area contributed by atoms with Gasteiger partial charge in [0.2, 0.25) is 0 Å². The van der Waals surface area contributed by atoms with Gasteiger partial charge in [-0.25, -0.2) is 14.0 Å². The summed E-state index contributed by atoms with van der Waals surface area (Å²) in [6.07, 6.45) is -3.70. The Morgan fingerprint density at radius 2 is 1.73 bits per heavy atom. The molecule has 4 rings (SSSR count). The van der Waals surface area contributed by atoms with E-state index in [1.807, 2.05) is 17.0 Å². The Balaban J connectivity index is 0.000000587. The van der Waals surface area contributed by atoms with Crippen LogP contribution in [0.15, 0.2) is 42.5 Å². The summed E-state index contributed by atoms with van der Waals surface area (Å²) in [5, 5.41) is 22.2. The summed E-state index contributed by atoms with van der Waals surface area (Å²) in [6, 6.07) is 12.3. The largest absolute Gasteiger partial charge is 0.490 e. The van der Waals surface area contributed by atoms with Crippen LogP contribution in [0.1, 0.15) is 18.4 Å². The molecule has 2 heterocycles. The first-order valence-corrected chi connectivity index (χ1v) is 13.2. The number of carbonyl (C=O) groups excluding carboxylic acids is 1. The number of aliphatic hydroxyl groups excluding tert-OH is 1. The van der Waals surface area contributed by atoms with Crippen LogP contribution in [-0.2, 0) is 20.9 Å². The summed E-state index contributed by atoms with van der Waals surface area (Å²) < 4.78 is 55.9. The van der Waals surface area contributed by atoms with Gasteiger partial charge in [-0.15, -0.1) is 0 Å². The van der Waals surface area contributed by atoms with Crippen LogP contribution in [-0.4, -0.2) is 91.3 Å². The van der Waals surface area contributed by atoms with Crippen molar-refractivity contribution in [3.05, 3.63) is 58.9 Å². The molecule has 2 fully saturated rings. The molecule has 0 amide bonds. The minimum absolute atomic E-state index is 0.135. The highest BCUT2D eigenvalue weighted by atomic mass is 35.5. The summed E-state index contributed by atoms with van der Waals surface area (Å²) in [5.74, 6) is -3.29. The number of hydrogen-bond acceptors (Lipinski definition) is 8. The molecule has 0 saturated carbocycles. The molecule has 0 spiro atoms. The van der Waals surface area contributed by atoms with Crippen molar-refractivity contribution >= 4 is 29.2 Å². The molecule has 0 aliphatic carbocycles. The third-order valence-corrected chi connectivity index (χ3v) is 6.98. The normalized spacial score (nSPS) is 19.8. The van der Waals surface area contributed by atoms with E-state index in [0.29, 0.717) is 30.6 Å². The molecule has 2 aliphatic heterocycles. The topological polar surface area (TPSA) is 112 Å². The molecule has 9 nitrogen and oxygen atoms in total. The summed E-state index contributed by atoms with van der Waals surface area (Å²) in [5.41, 5.74) is 1.77. The number of benzene rings is 2. The fourth-order valence-electron chi connectivity index (χ4n) is 4.61. The van der Waals surface area contributed by atoms with Crippen LogP contribution in [0.2, 0.25) is 5.02 Å². The number of hydrogen-bond donors (Lipinski definition) is 3. The number of carbonyl (C=O) groups is 2. The van der Waals surface area contributed by atoms with Crippen LogP contribution in [0, 0.1) is 5.82 Å². The fraction of sp³-hybridized carbons (Fsp3) is 0.481. The monoisotopic (exact) mass is 605 g/mol. The molecule has 3 N–H and O–H groups in total. The van der Waals surface area contributed by atoms with Crippen LogP contribution in [0.4, 0.5) is 23.2 Å². The zero-order chi connectivity index (χ0) is 30.2. The maximum atomic E-state index is 14.0. The molecule has 2 saturated heterocycles. The van der Waals surface area contributed by atoms with Gasteiger partial charge in [-0.2, -0.15) is 13.2 Å². The number of aliphatic carboxylic acids is 1. The van der Waals surface area contributed by atoms with Crippen molar-refractivity contribution in [1.82, 2.24) is 10.2 Å². The van der Waals surface area contributed by atoms with Gasteiger partial charge in [0.05, 0.1) is 24.9 Å². The average Bonchev–Trinajstić information content (AvgIpc) is 3.29. The van der Waals surface area contributed by atoms with Gasteiger partial charge >= 0.3 is 18.1 Å². The fourth-order valence-corrected chi connectivity index (χ4v) is 4.74. The van der Waals surface area contributed by atoms with Crippen molar-refractivity contribution in [2.45, 2.75) is 43.8 Å². The number of likely N-dealkylation sites (tertiary alicyclic amines) is 1. The lowest BCUT2D eigenvalue weighted by molar-refractivity contribution is -0.192. The number of β-amino-alcohol motifs (C(OH)–C–C–N with tert-alkyl or cyclic N) is 1. The lowest BCUT2D eigenvalue weighted by Gasteiger charge is -2.34. The first-order valence-electron chi connectivity index (χ1n) is 12.8. The number of aliphatic hydroxyl groups is 1. The first kappa shape index (κ1) is 32.4. The number of alkyl halides is 3. The second kappa shape index (κ2) is 14.7. The second-order valence-electron chi connectivity index (χ2n) is 9.70. The Kier molecular flexibility index (Phi) is 11.6. The van der Waals surface area contributed by atoms with Crippen LogP contribution >= 0.6 is 11.6 Å². The number of halogens is 5. The van der Waals surface area contributed by atoms with E-state index in [9.17, 15) is 27.5 Å². The van der Waals surface area contributed by atoms with E-state index in [4.69, 9.17) is 26.2 Å². The number of piperidine rings is 1. The number of ether oxygens (including phenoxy) is 2. The summed E-state index contributed by atoms with van der Waals surface area (Å²) in [4.78, 5) is 24.7. The van der Waals surface area contributed by atoms with Crippen molar-refractivity contribution in [1.29, 1.82) is 0 Å². The summed E-state index contributed by atoms with van der Waals surface area (Å²) in [6.45, 7) is 3.46. The van der Waals surface area contributed by atoms with Gasteiger partial charge in [0.15, 0.2) is 6.61 Å². The van der Waals surface area contributed by atoms with Crippen LogP contribution in [0.5, 0.6) is 5.75 Å². The number of anilines is 1. The van der Waals surface area contributed by atoms with E-state index < -0.39 is 30.0 Å². The van der Waals surface area contributed by atoms with Crippen molar-refractivity contribution in [2.75, 3.05) is 44.8 Å². The van der Waals surface area contributed by atoms with E-state index >= 15 is 0 Å². The van der Waals surface area contributed by atoms with Crippen LogP contribution in [0.3, 0.4) is 0 Å². The molecule has 41 heavy (non-hydrogen) atoms. The van der Waals surface area contributed by atoms with E-state index in [-0.39, 0.29) is 12.6 Å². The van der Waals surface area contributed by atoms with E-state index in [0.717, 1.165) is 37.5 Å². The van der Waals surface area contributed by atoms with Gasteiger partial charge < -0.3 is 29.9 Å². The Labute approximate surface area is 239 Å². The van der Waals surface area contributed by atoms with Crippen molar-refractivity contribution in [3.8, 4) is 5.75 Å². The number of nitrogens with one attached hydrogen (secondary N) is 1. The third kappa shape index (κ3) is 10.0. The standard InChI is InChI=1S/C25H31ClFN3O4.C2HF3O2/c1-33-25(32)16-34-24-7-6-19(27)12-22(24)30-14-21(23(31)15-30)28-20-8-10-29(11-9-20)13-17-2-4-18(26)5-3-17;3-2(4,5)1(6)7/h2-7,12,20-21,23,28,31H,8-11,13-16H2,1H3;(H,6,7)/t21?,23-;/m1./s1. The molecule has 2 atom stereocenters. The Bertz CT molecular complexity index is 1160. The van der Waals surface area contributed by atoms with E-state index in [1.54, 1.807) is 0 Å². The first-order chi connectivity index (χ1) is 19.3. The molecular formula is C27H32ClF4N3O6. The van der Waals surface area contributed by atoms with Crippen molar-refractivity contribution < 1.29 is 46.8 Å². The lowest BCUT2D eigenvalue weighted by Crippen LogP contribution is -2.49. The molecule has 14 heteroatoms. The quantitative estimate of drug-likeness (QED) is 0.308. The Morgan fingerprint density at radius 3 is 2.32 bits per heavy atom. The third-order valence-electron chi connectivity index (χ3n) is 6.72. The highest BCUT2D eigenvalue weighted by molar-refractivity contribution is 6.30. The number of carboxylic acids is 1. The average molecular weight is 606 g/mol. The van der Waals surface area contributed by atoms with Gasteiger partial charge in [-0.1, -0.05) is 23.7 Å². The van der Waals surface area contributed by atoms with E-state index in [2.05, 4.69) is 27.1 Å². The summed E-state index contributed by atoms with van der Waals surface area (Å²) >= 11 is 5.98. The molecule has 0 aromatic heterocycles. The molecule has 0 bridgehead atoms. The number of methoxy groups -OCH3 is 1. The SMILES string of the molecule is COC(=O)COc1ccc(F)cc1N1CC(NC2CCN(Cc3ccc(Cl)cc3)CC2)[C@H](O)C1.O=C(O)C(F)(F)F. The minimum atomic E-state index is -5.08. The smallest absolute Gasteiger partial charge is 0.480 e. The van der Waals surface area contributed by atoms with Gasteiger partial charge in [0, 0.05) is 36.8 Å². The van der Waals surface area contributed by atoms with E-state index in [1.165, 1.54) is 30.9 Å². The Morgan fingerprint density at radius 1 is 1.10 bits per heavy atom. The molecule has 0 radical (unpaired) electrons. The molecule has 226 valence electrons. The second-order valence-corrected chi connectivity index (χ2v) is 10.1. The zero-order valence-electron chi connectivity index (χ0n) is 22.2. The minimum Gasteiger partial charge on any atom is -0.480 e. The Hall–Kier alpha value is -3.13. The maximum Gasteiger partial charge on any atom is 0.490 e. The van der Waals surface area contributed by atoms with Gasteiger partial charge in [0.25, 0.3) is 0 Å². The molecular weight excluding hydrogens is 574 g/mol. The summed E-state index contributed by atoms with van der Waals surface area (Å²) in [7, 11) is 1.28. The highest BCUT2D eigenvalue weighted by Gasteiger charge is 2.38. The number of esters is 1. The van der Waals surface area contributed by atoms with Crippen molar-refractivity contribution in [3.63, 3.8) is 0 Å². The number of rotatable bonds is 8. The van der Waals surface area contributed by atoms with Gasteiger partial charge in [0.1, 0.15) is 11.6 Å². The maximum absolute atomic E-state index is 14.0. The zero-order valence-corrected chi connectivity index (χ0v) is 23.0. The molecule has 1 unspecified atom stereocenters. The predicted molar refractivity (Wildman–Crippen MR) is 142 cm³/mol. The number of carboxylic acid groups (broad SMARTS) is 1. The van der Waals surface area contributed by atoms with Crippen molar-refractivity contribution in [2.24, 2.45) is 0 Å². The molecule has 2 aromatic rings. The van der Waals surface area contributed by atoms with Gasteiger partial charge in [-0.3, -0.25) is 4.90 Å². The predicted octanol–water partition coefficient (Wildman–Crippen LogP) is 3.47. The number of nitrogens with zero attached hydrogens (tertiary/aromatic N) is 2. The van der Waals surface area contributed by atoms with Gasteiger partial charge in [-0.05, 0) is 55.8 Å². The molecule has 2 aliphatic rings.